The van der Waals surface area contributed by atoms with E-state index in [4.69, 9.17) is 9.63 Å². The lowest BCUT2D eigenvalue weighted by Gasteiger charge is -2.03. The summed E-state index contributed by atoms with van der Waals surface area (Å²) < 4.78 is 4.74. The van der Waals surface area contributed by atoms with E-state index in [1.54, 1.807) is 6.92 Å². The zero-order valence-electron chi connectivity index (χ0n) is 10.4. The Morgan fingerprint density at radius 2 is 2.00 bits per heavy atom. The Balaban J connectivity index is 2.21. The third-order valence-electron chi connectivity index (χ3n) is 2.17. The van der Waals surface area contributed by atoms with Crippen LogP contribution in [0.4, 0.5) is 10.6 Å². The molecule has 0 saturated heterocycles. The minimum atomic E-state index is -0.903. The number of nitrogens with zero attached hydrogens (tertiary/aromatic N) is 1. The molecule has 0 bridgehead atoms. The van der Waals surface area contributed by atoms with Gasteiger partial charge in [-0.3, -0.25) is 20.2 Å². The Kier molecular flexibility index (Phi) is 5.52. The van der Waals surface area contributed by atoms with Crippen molar-refractivity contribution >= 4 is 23.7 Å². The van der Waals surface area contributed by atoms with Gasteiger partial charge < -0.3 is 9.63 Å². The molecule has 0 spiro atoms. The molecule has 0 unspecified atom stereocenters. The molecule has 3 amide bonds. The van der Waals surface area contributed by atoms with Crippen LogP contribution >= 0.6 is 0 Å². The van der Waals surface area contributed by atoms with Crippen molar-refractivity contribution in [3.8, 4) is 0 Å². The molecule has 0 saturated carbocycles. The van der Waals surface area contributed by atoms with Crippen LogP contribution in [-0.4, -0.2) is 28.2 Å². The molecular weight excluding hydrogens is 254 g/mol. The van der Waals surface area contributed by atoms with Crippen molar-refractivity contribution in [2.45, 2.75) is 32.6 Å². The number of hydrogen-bond acceptors (Lipinski definition) is 5. The summed E-state index contributed by atoms with van der Waals surface area (Å²) in [6.07, 6.45) is 0.914. The molecule has 1 heterocycles. The normalized spacial score (nSPS) is 9.95. The van der Waals surface area contributed by atoms with Gasteiger partial charge in [-0.05, 0) is 19.8 Å². The lowest BCUT2D eigenvalue weighted by molar-refractivity contribution is -0.137. The highest BCUT2D eigenvalue weighted by atomic mass is 16.5. The first kappa shape index (κ1) is 14.7. The van der Waals surface area contributed by atoms with Crippen LogP contribution in [0.25, 0.3) is 0 Å². The quantitative estimate of drug-likeness (QED) is 0.668. The van der Waals surface area contributed by atoms with Gasteiger partial charge in [0.05, 0.1) is 0 Å². The molecular formula is C11H15N3O5. The zero-order chi connectivity index (χ0) is 14.3. The van der Waals surface area contributed by atoms with Gasteiger partial charge in [0.25, 0.3) is 0 Å². The van der Waals surface area contributed by atoms with Gasteiger partial charge in [0.15, 0.2) is 5.82 Å². The third-order valence-corrected chi connectivity index (χ3v) is 2.17. The first-order valence-corrected chi connectivity index (χ1v) is 5.73. The molecule has 0 radical (unpaired) electrons. The fraction of sp³-hybridized carbons (Fsp3) is 0.455. The van der Waals surface area contributed by atoms with Crippen molar-refractivity contribution in [2.75, 3.05) is 5.32 Å². The molecule has 8 heteroatoms. The van der Waals surface area contributed by atoms with Gasteiger partial charge in [-0.15, -0.1) is 0 Å². The number of imide groups is 1. The fourth-order valence-electron chi connectivity index (χ4n) is 1.32. The van der Waals surface area contributed by atoms with Crippen molar-refractivity contribution in [3.63, 3.8) is 0 Å². The number of aliphatic carboxylic acids is 1. The molecule has 19 heavy (non-hydrogen) atoms. The minimum absolute atomic E-state index is 0.0116. The number of nitrogens with one attached hydrogen (secondary N) is 2. The molecule has 1 aromatic heterocycles. The lowest BCUT2D eigenvalue weighted by atomic mass is 10.2. The first-order chi connectivity index (χ1) is 8.97. The van der Waals surface area contributed by atoms with E-state index in [0.29, 0.717) is 18.6 Å². The van der Waals surface area contributed by atoms with Gasteiger partial charge in [0, 0.05) is 18.9 Å². The average molecular weight is 269 g/mol. The zero-order valence-corrected chi connectivity index (χ0v) is 10.4. The number of carboxylic acids is 1. The Labute approximate surface area is 109 Å². The number of rotatable bonds is 6. The van der Waals surface area contributed by atoms with E-state index in [-0.39, 0.29) is 18.7 Å². The summed E-state index contributed by atoms with van der Waals surface area (Å²) in [5, 5.41) is 16.4. The molecule has 1 aromatic rings. The molecule has 8 nitrogen and oxygen atoms in total. The molecule has 0 aliphatic carbocycles. The predicted molar refractivity (Wildman–Crippen MR) is 64.5 cm³/mol. The van der Waals surface area contributed by atoms with E-state index < -0.39 is 17.9 Å². The van der Waals surface area contributed by atoms with Gasteiger partial charge in [-0.2, -0.15) is 0 Å². The number of anilines is 1. The highest BCUT2D eigenvalue weighted by Crippen LogP contribution is 2.06. The summed E-state index contributed by atoms with van der Waals surface area (Å²) >= 11 is 0. The monoisotopic (exact) mass is 269 g/mol. The van der Waals surface area contributed by atoms with Gasteiger partial charge in [0.2, 0.25) is 5.91 Å². The van der Waals surface area contributed by atoms with Crippen LogP contribution in [0.2, 0.25) is 0 Å². The number of carbonyl (C=O) groups is 3. The Morgan fingerprint density at radius 3 is 2.58 bits per heavy atom. The number of hydrogen-bond donors (Lipinski definition) is 3. The number of amides is 3. The highest BCUT2D eigenvalue weighted by molar-refractivity contribution is 6.00. The minimum Gasteiger partial charge on any atom is -0.481 e. The highest BCUT2D eigenvalue weighted by Gasteiger charge is 2.10. The van der Waals surface area contributed by atoms with Crippen LogP contribution in [0.1, 0.15) is 31.4 Å². The average Bonchev–Trinajstić information content (AvgIpc) is 2.69. The number of unbranched alkanes of at least 4 members (excludes halogenated alkanes) is 1. The van der Waals surface area contributed by atoms with E-state index >= 15 is 0 Å². The molecule has 0 atom stereocenters. The van der Waals surface area contributed by atoms with Crippen LogP contribution in [0, 0.1) is 6.92 Å². The van der Waals surface area contributed by atoms with Gasteiger partial charge in [0.1, 0.15) is 5.76 Å². The van der Waals surface area contributed by atoms with Gasteiger partial charge in [-0.25, -0.2) is 4.79 Å². The number of aromatic nitrogens is 1. The van der Waals surface area contributed by atoms with E-state index in [9.17, 15) is 14.4 Å². The molecule has 0 fully saturated rings. The predicted octanol–water partition coefficient (Wildman–Crippen LogP) is 1.28. The third kappa shape index (κ3) is 6.20. The van der Waals surface area contributed by atoms with Gasteiger partial charge in [-0.1, -0.05) is 5.16 Å². The SMILES string of the molecule is Cc1cc(NC(=O)NC(=O)CCCCC(=O)O)no1. The van der Waals surface area contributed by atoms with Crippen molar-refractivity contribution in [1.29, 1.82) is 0 Å². The van der Waals surface area contributed by atoms with Crippen molar-refractivity contribution in [2.24, 2.45) is 0 Å². The van der Waals surface area contributed by atoms with Crippen molar-refractivity contribution in [1.82, 2.24) is 10.5 Å². The van der Waals surface area contributed by atoms with Crippen LogP contribution < -0.4 is 10.6 Å². The number of aryl methyl sites for hydroxylation is 1. The summed E-state index contributed by atoms with van der Waals surface area (Å²) in [4.78, 5) is 32.9. The molecule has 3 N–H and O–H groups in total. The number of carboxylic acid groups (broad SMARTS) is 1. The molecule has 0 aliphatic heterocycles. The van der Waals surface area contributed by atoms with E-state index in [1.165, 1.54) is 6.07 Å². The number of urea groups is 1. The van der Waals surface area contributed by atoms with Crippen LogP contribution in [0.3, 0.4) is 0 Å². The van der Waals surface area contributed by atoms with E-state index in [2.05, 4.69) is 15.8 Å². The van der Waals surface area contributed by atoms with E-state index in [0.717, 1.165) is 0 Å². The first-order valence-electron chi connectivity index (χ1n) is 5.73. The van der Waals surface area contributed by atoms with E-state index in [1.807, 2.05) is 0 Å². The molecule has 104 valence electrons. The standard InChI is InChI=1S/C11H15N3O5/c1-7-6-8(14-19-7)12-11(18)13-9(15)4-2-3-5-10(16)17/h6H,2-5H2,1H3,(H,16,17)(H2,12,13,14,15,18). The van der Waals surface area contributed by atoms with Crippen LogP contribution in [-0.2, 0) is 9.59 Å². The number of carbonyl (C=O) groups excluding carboxylic acids is 2. The Bertz CT molecular complexity index is 469. The largest absolute Gasteiger partial charge is 0.481 e. The summed E-state index contributed by atoms with van der Waals surface area (Å²) in [7, 11) is 0. The Morgan fingerprint density at radius 1 is 1.32 bits per heavy atom. The smallest absolute Gasteiger partial charge is 0.327 e. The molecule has 0 aromatic carbocycles. The summed E-state index contributed by atoms with van der Waals surface area (Å²) in [6, 6.07) is 0.813. The second-order valence-corrected chi connectivity index (χ2v) is 3.93. The maximum Gasteiger partial charge on any atom is 0.327 e. The lowest BCUT2D eigenvalue weighted by Crippen LogP contribution is -2.34. The summed E-state index contributed by atoms with van der Waals surface area (Å²) in [6.45, 7) is 1.67. The Hall–Kier alpha value is -2.38. The van der Waals surface area contributed by atoms with Crippen LogP contribution in [0.15, 0.2) is 10.6 Å². The summed E-state index contributed by atoms with van der Waals surface area (Å²) in [5.41, 5.74) is 0. The second kappa shape index (κ2) is 7.14. The molecule has 1 rings (SSSR count). The van der Waals surface area contributed by atoms with Crippen molar-refractivity contribution in [3.05, 3.63) is 11.8 Å². The molecule has 0 aliphatic rings. The maximum absolute atomic E-state index is 11.4. The van der Waals surface area contributed by atoms with Crippen LogP contribution in [0.5, 0.6) is 0 Å². The second-order valence-electron chi connectivity index (χ2n) is 3.93. The van der Waals surface area contributed by atoms with Gasteiger partial charge >= 0.3 is 12.0 Å². The topological polar surface area (TPSA) is 122 Å². The van der Waals surface area contributed by atoms with Crippen molar-refractivity contribution < 1.29 is 24.0 Å². The maximum atomic E-state index is 11.4. The fourth-order valence-corrected chi connectivity index (χ4v) is 1.32. The summed E-state index contributed by atoms with van der Waals surface area (Å²) in [5.74, 6) is -0.619.